The molecule has 18 heavy (non-hydrogen) atoms. The topological polar surface area (TPSA) is 28.4 Å². The van der Waals surface area contributed by atoms with Gasteiger partial charge in [-0.25, -0.2) is 0 Å². The Morgan fingerprint density at radius 3 is 2.67 bits per heavy atom. The molecule has 0 aromatic carbocycles. The maximum Gasteiger partial charge on any atom is 0.121 e. The highest BCUT2D eigenvalue weighted by Crippen LogP contribution is 2.27. The van der Waals surface area contributed by atoms with Crippen molar-refractivity contribution in [1.29, 1.82) is 0 Å². The Balaban J connectivity index is 2.05. The molecular weight excluding hydrogens is 224 g/mol. The summed E-state index contributed by atoms with van der Waals surface area (Å²) in [5.74, 6) is 2.08. The molecule has 1 N–H and O–H groups in total. The van der Waals surface area contributed by atoms with E-state index in [1.54, 1.807) is 0 Å². The largest absolute Gasteiger partial charge is 0.465 e. The van der Waals surface area contributed by atoms with Crippen molar-refractivity contribution in [2.24, 2.45) is 5.41 Å². The SMILES string of the molecule is Cc1ccc(C(C)N2CCNC(C(C)(C)C)C2)o1. The van der Waals surface area contributed by atoms with Crippen molar-refractivity contribution in [3.05, 3.63) is 23.7 Å². The molecule has 1 saturated heterocycles. The molecule has 102 valence electrons. The summed E-state index contributed by atoms with van der Waals surface area (Å²) in [4.78, 5) is 2.52. The summed E-state index contributed by atoms with van der Waals surface area (Å²) >= 11 is 0. The van der Waals surface area contributed by atoms with E-state index in [0.717, 1.165) is 31.2 Å². The Morgan fingerprint density at radius 2 is 2.11 bits per heavy atom. The van der Waals surface area contributed by atoms with Gasteiger partial charge in [-0.3, -0.25) is 4.90 Å². The van der Waals surface area contributed by atoms with Gasteiger partial charge in [0.05, 0.1) is 6.04 Å². The van der Waals surface area contributed by atoms with Crippen molar-refractivity contribution >= 4 is 0 Å². The first-order valence-electron chi connectivity index (χ1n) is 6.91. The van der Waals surface area contributed by atoms with E-state index in [9.17, 15) is 0 Å². The van der Waals surface area contributed by atoms with E-state index in [1.807, 2.05) is 6.92 Å². The molecule has 0 aliphatic carbocycles. The molecule has 1 fully saturated rings. The highest BCUT2D eigenvalue weighted by molar-refractivity contribution is 5.09. The second kappa shape index (κ2) is 5.06. The quantitative estimate of drug-likeness (QED) is 0.874. The van der Waals surface area contributed by atoms with Gasteiger partial charge in [-0.15, -0.1) is 0 Å². The number of nitrogens with zero attached hydrogens (tertiary/aromatic N) is 1. The number of piperazine rings is 1. The fourth-order valence-electron chi connectivity index (χ4n) is 2.56. The van der Waals surface area contributed by atoms with Crippen LogP contribution in [0.3, 0.4) is 0 Å². The predicted octanol–water partition coefficient (Wildman–Crippen LogP) is 2.97. The average Bonchev–Trinajstić information content (AvgIpc) is 2.74. The molecule has 3 nitrogen and oxygen atoms in total. The zero-order valence-electron chi connectivity index (χ0n) is 12.3. The first-order chi connectivity index (χ1) is 8.38. The van der Waals surface area contributed by atoms with Gasteiger partial charge in [0.1, 0.15) is 11.5 Å². The molecule has 0 saturated carbocycles. The smallest absolute Gasteiger partial charge is 0.121 e. The minimum Gasteiger partial charge on any atom is -0.465 e. The van der Waals surface area contributed by atoms with Crippen molar-refractivity contribution in [3.8, 4) is 0 Å². The van der Waals surface area contributed by atoms with Gasteiger partial charge in [0.15, 0.2) is 0 Å². The number of aryl methyl sites for hydroxylation is 1. The van der Waals surface area contributed by atoms with Crippen molar-refractivity contribution in [2.45, 2.75) is 46.7 Å². The van der Waals surface area contributed by atoms with Crippen LogP contribution < -0.4 is 5.32 Å². The van der Waals surface area contributed by atoms with Crippen LogP contribution in [0.5, 0.6) is 0 Å². The molecule has 0 radical (unpaired) electrons. The van der Waals surface area contributed by atoms with E-state index in [1.165, 1.54) is 0 Å². The second-order valence-corrected chi connectivity index (χ2v) is 6.49. The molecule has 3 heteroatoms. The van der Waals surface area contributed by atoms with Crippen molar-refractivity contribution in [2.75, 3.05) is 19.6 Å². The first-order valence-corrected chi connectivity index (χ1v) is 6.91. The van der Waals surface area contributed by atoms with E-state index in [4.69, 9.17) is 4.42 Å². The Kier molecular flexibility index (Phi) is 3.83. The van der Waals surface area contributed by atoms with Gasteiger partial charge in [0, 0.05) is 25.7 Å². The van der Waals surface area contributed by atoms with Crippen molar-refractivity contribution in [1.82, 2.24) is 10.2 Å². The molecule has 0 spiro atoms. The van der Waals surface area contributed by atoms with Gasteiger partial charge in [-0.1, -0.05) is 20.8 Å². The van der Waals surface area contributed by atoms with Gasteiger partial charge in [0.25, 0.3) is 0 Å². The average molecular weight is 250 g/mol. The minimum atomic E-state index is 0.303. The van der Waals surface area contributed by atoms with E-state index in [-0.39, 0.29) is 0 Å². The molecule has 2 rings (SSSR count). The Morgan fingerprint density at radius 1 is 1.39 bits per heavy atom. The molecule has 1 aliphatic heterocycles. The van der Waals surface area contributed by atoms with Gasteiger partial charge >= 0.3 is 0 Å². The fraction of sp³-hybridized carbons (Fsp3) is 0.733. The minimum absolute atomic E-state index is 0.303. The van der Waals surface area contributed by atoms with E-state index in [0.29, 0.717) is 17.5 Å². The summed E-state index contributed by atoms with van der Waals surface area (Å²) < 4.78 is 5.76. The highest BCUT2D eigenvalue weighted by Gasteiger charge is 2.31. The van der Waals surface area contributed by atoms with Gasteiger partial charge in [0.2, 0.25) is 0 Å². The van der Waals surface area contributed by atoms with Crippen LogP contribution in [0.15, 0.2) is 16.5 Å². The fourth-order valence-corrected chi connectivity index (χ4v) is 2.56. The normalized spacial score (nSPS) is 24.2. The number of rotatable bonds is 2. The Hall–Kier alpha value is -0.800. The summed E-state index contributed by atoms with van der Waals surface area (Å²) in [5.41, 5.74) is 0.303. The maximum atomic E-state index is 5.76. The summed E-state index contributed by atoms with van der Waals surface area (Å²) in [6.07, 6.45) is 0. The van der Waals surface area contributed by atoms with Crippen LogP contribution in [-0.4, -0.2) is 30.6 Å². The Labute approximate surface area is 111 Å². The van der Waals surface area contributed by atoms with Crippen LogP contribution >= 0.6 is 0 Å². The lowest BCUT2D eigenvalue weighted by Gasteiger charge is -2.42. The molecule has 1 aromatic heterocycles. The molecule has 0 amide bonds. The third kappa shape index (κ3) is 2.96. The lowest BCUT2D eigenvalue weighted by Crippen LogP contribution is -2.56. The monoisotopic (exact) mass is 250 g/mol. The van der Waals surface area contributed by atoms with Crippen LogP contribution in [0.1, 0.15) is 45.3 Å². The van der Waals surface area contributed by atoms with Crippen LogP contribution in [0.2, 0.25) is 0 Å². The third-order valence-electron chi connectivity index (χ3n) is 3.97. The van der Waals surface area contributed by atoms with Gasteiger partial charge < -0.3 is 9.73 Å². The van der Waals surface area contributed by atoms with Crippen molar-refractivity contribution in [3.63, 3.8) is 0 Å². The maximum absolute atomic E-state index is 5.76. The molecule has 2 unspecified atom stereocenters. The second-order valence-electron chi connectivity index (χ2n) is 6.49. The van der Waals surface area contributed by atoms with E-state index >= 15 is 0 Å². The zero-order chi connectivity index (χ0) is 13.3. The third-order valence-corrected chi connectivity index (χ3v) is 3.97. The predicted molar refractivity (Wildman–Crippen MR) is 74.7 cm³/mol. The number of hydrogen-bond donors (Lipinski definition) is 1. The van der Waals surface area contributed by atoms with E-state index < -0.39 is 0 Å². The summed E-state index contributed by atoms with van der Waals surface area (Å²) in [6.45, 7) is 14.4. The first kappa shape index (κ1) is 13.6. The number of hydrogen-bond acceptors (Lipinski definition) is 3. The zero-order valence-corrected chi connectivity index (χ0v) is 12.3. The molecule has 2 atom stereocenters. The van der Waals surface area contributed by atoms with Crippen molar-refractivity contribution < 1.29 is 4.42 Å². The summed E-state index contributed by atoms with van der Waals surface area (Å²) in [5, 5.41) is 3.63. The van der Waals surface area contributed by atoms with Gasteiger partial charge in [-0.05, 0) is 31.4 Å². The Bertz CT molecular complexity index is 391. The molecule has 2 heterocycles. The number of furan rings is 1. The lowest BCUT2D eigenvalue weighted by molar-refractivity contribution is 0.0949. The van der Waals surface area contributed by atoms with Crippen LogP contribution in [0, 0.1) is 12.3 Å². The van der Waals surface area contributed by atoms with Crippen LogP contribution in [0.25, 0.3) is 0 Å². The summed E-state index contributed by atoms with van der Waals surface area (Å²) in [6, 6.07) is 5.07. The summed E-state index contributed by atoms with van der Waals surface area (Å²) in [7, 11) is 0. The molecule has 1 aliphatic rings. The number of nitrogens with one attached hydrogen (secondary N) is 1. The highest BCUT2D eigenvalue weighted by atomic mass is 16.3. The molecular formula is C15H26N2O. The molecule has 1 aromatic rings. The standard InChI is InChI=1S/C15H26N2O/c1-11-6-7-13(18-11)12(2)17-9-8-16-14(10-17)15(3,4)5/h6-7,12,14,16H,8-10H2,1-5H3. The van der Waals surface area contributed by atoms with Crippen LogP contribution in [-0.2, 0) is 0 Å². The van der Waals surface area contributed by atoms with E-state index in [2.05, 4.69) is 50.0 Å². The lowest BCUT2D eigenvalue weighted by atomic mass is 9.85. The molecule has 0 bridgehead atoms. The van der Waals surface area contributed by atoms with Gasteiger partial charge in [-0.2, -0.15) is 0 Å². The van der Waals surface area contributed by atoms with Crippen LogP contribution in [0.4, 0.5) is 0 Å².